The third-order valence-electron chi connectivity index (χ3n) is 4.20. The van der Waals surface area contributed by atoms with Crippen LogP contribution in [0, 0.1) is 0 Å². The van der Waals surface area contributed by atoms with Crippen LogP contribution in [-0.4, -0.2) is 23.1 Å². The maximum absolute atomic E-state index is 6.20. The quantitative estimate of drug-likeness (QED) is 0.760. The second-order valence-electron chi connectivity index (χ2n) is 5.81. The Morgan fingerprint density at radius 1 is 1.13 bits per heavy atom. The molecular weight excluding hydrogens is 290 g/mol. The molecule has 0 radical (unpaired) electrons. The number of aromatic nitrogens is 2. The van der Waals surface area contributed by atoms with E-state index in [9.17, 15) is 0 Å². The Labute approximate surface area is 136 Å². The van der Waals surface area contributed by atoms with Crippen molar-refractivity contribution in [3.8, 4) is 5.75 Å². The predicted octanol–water partition coefficient (Wildman–Crippen LogP) is 3.03. The molecule has 23 heavy (non-hydrogen) atoms. The zero-order chi connectivity index (χ0) is 16.1. The second kappa shape index (κ2) is 7.17. The van der Waals surface area contributed by atoms with Gasteiger partial charge in [-0.05, 0) is 30.5 Å². The van der Waals surface area contributed by atoms with Crippen LogP contribution in [0.5, 0.6) is 5.75 Å². The molecule has 2 aromatic rings. The SMILES string of the molecule is COc1ccc(CNc2ncnc(NC3CCCC3)c2N)cc1. The summed E-state index contributed by atoms with van der Waals surface area (Å²) in [6, 6.07) is 8.38. The average Bonchev–Trinajstić information content (AvgIpc) is 3.09. The van der Waals surface area contributed by atoms with Crippen molar-refractivity contribution in [1.29, 1.82) is 0 Å². The molecule has 1 aromatic carbocycles. The van der Waals surface area contributed by atoms with Crippen LogP contribution in [0.1, 0.15) is 31.2 Å². The Kier molecular flexibility index (Phi) is 4.80. The van der Waals surface area contributed by atoms with Gasteiger partial charge in [0.2, 0.25) is 0 Å². The summed E-state index contributed by atoms with van der Waals surface area (Å²) in [5, 5.41) is 6.71. The first-order valence-electron chi connectivity index (χ1n) is 8.00. The number of hydrogen-bond donors (Lipinski definition) is 3. The van der Waals surface area contributed by atoms with Gasteiger partial charge in [0.15, 0.2) is 11.6 Å². The number of ether oxygens (including phenoxy) is 1. The van der Waals surface area contributed by atoms with E-state index in [1.54, 1.807) is 13.4 Å². The number of nitrogens with zero attached hydrogens (tertiary/aromatic N) is 2. The third-order valence-corrected chi connectivity index (χ3v) is 4.20. The number of rotatable bonds is 6. The Hall–Kier alpha value is -2.50. The monoisotopic (exact) mass is 313 g/mol. The van der Waals surface area contributed by atoms with E-state index in [-0.39, 0.29) is 0 Å². The minimum atomic E-state index is 0.474. The molecule has 0 atom stereocenters. The highest BCUT2D eigenvalue weighted by Gasteiger charge is 2.17. The molecule has 3 rings (SSSR count). The number of nitrogens with one attached hydrogen (secondary N) is 2. The molecule has 6 nitrogen and oxygen atoms in total. The van der Waals surface area contributed by atoms with Gasteiger partial charge in [-0.15, -0.1) is 0 Å². The molecular formula is C17H23N5O. The molecule has 6 heteroatoms. The van der Waals surface area contributed by atoms with Crippen LogP contribution in [0.2, 0.25) is 0 Å². The highest BCUT2D eigenvalue weighted by atomic mass is 16.5. The Balaban J connectivity index is 1.64. The van der Waals surface area contributed by atoms with Crippen molar-refractivity contribution in [2.24, 2.45) is 0 Å². The molecule has 0 saturated heterocycles. The van der Waals surface area contributed by atoms with Crippen LogP contribution in [0.15, 0.2) is 30.6 Å². The maximum Gasteiger partial charge on any atom is 0.155 e. The van der Waals surface area contributed by atoms with Crippen molar-refractivity contribution in [2.45, 2.75) is 38.3 Å². The average molecular weight is 313 g/mol. The van der Waals surface area contributed by atoms with E-state index in [0.717, 1.165) is 17.1 Å². The molecule has 0 unspecified atom stereocenters. The lowest BCUT2D eigenvalue weighted by atomic mass is 10.2. The summed E-state index contributed by atoms with van der Waals surface area (Å²) in [6.07, 6.45) is 6.44. The van der Waals surface area contributed by atoms with Crippen LogP contribution < -0.4 is 21.1 Å². The van der Waals surface area contributed by atoms with Gasteiger partial charge in [0.05, 0.1) is 7.11 Å². The summed E-state index contributed by atoms with van der Waals surface area (Å²) in [4.78, 5) is 8.53. The van der Waals surface area contributed by atoms with Crippen molar-refractivity contribution in [3.05, 3.63) is 36.2 Å². The zero-order valence-corrected chi connectivity index (χ0v) is 13.4. The lowest BCUT2D eigenvalue weighted by molar-refractivity contribution is 0.414. The smallest absolute Gasteiger partial charge is 0.155 e. The number of benzene rings is 1. The first-order chi connectivity index (χ1) is 11.3. The number of methoxy groups -OCH3 is 1. The predicted molar refractivity (Wildman–Crippen MR) is 92.6 cm³/mol. The van der Waals surface area contributed by atoms with Gasteiger partial charge in [-0.3, -0.25) is 0 Å². The van der Waals surface area contributed by atoms with Crippen LogP contribution in [0.4, 0.5) is 17.3 Å². The molecule has 0 bridgehead atoms. The number of hydrogen-bond acceptors (Lipinski definition) is 6. The van der Waals surface area contributed by atoms with E-state index in [4.69, 9.17) is 10.5 Å². The van der Waals surface area contributed by atoms with E-state index in [1.165, 1.54) is 25.7 Å². The molecule has 1 saturated carbocycles. The molecule has 122 valence electrons. The van der Waals surface area contributed by atoms with Crippen LogP contribution in [0.3, 0.4) is 0 Å². The van der Waals surface area contributed by atoms with Gasteiger partial charge in [-0.2, -0.15) is 0 Å². The molecule has 1 aliphatic rings. The summed E-state index contributed by atoms with van der Waals surface area (Å²) >= 11 is 0. The normalized spacial score (nSPS) is 14.7. The van der Waals surface area contributed by atoms with Crippen molar-refractivity contribution in [2.75, 3.05) is 23.5 Å². The minimum absolute atomic E-state index is 0.474. The Bertz CT molecular complexity index is 638. The lowest BCUT2D eigenvalue weighted by Gasteiger charge is -2.16. The largest absolute Gasteiger partial charge is 0.497 e. The molecule has 1 aromatic heterocycles. The highest BCUT2D eigenvalue weighted by molar-refractivity contribution is 5.74. The van der Waals surface area contributed by atoms with E-state index in [0.29, 0.717) is 24.1 Å². The van der Waals surface area contributed by atoms with Gasteiger partial charge in [0, 0.05) is 12.6 Å². The van der Waals surface area contributed by atoms with Crippen LogP contribution >= 0.6 is 0 Å². The van der Waals surface area contributed by atoms with E-state index in [1.807, 2.05) is 24.3 Å². The van der Waals surface area contributed by atoms with Gasteiger partial charge >= 0.3 is 0 Å². The minimum Gasteiger partial charge on any atom is -0.497 e. The first kappa shape index (κ1) is 15.4. The molecule has 1 aliphatic carbocycles. The lowest BCUT2D eigenvalue weighted by Crippen LogP contribution is -2.18. The van der Waals surface area contributed by atoms with Crippen LogP contribution in [-0.2, 0) is 6.54 Å². The van der Waals surface area contributed by atoms with Crippen molar-refractivity contribution < 1.29 is 4.74 Å². The molecule has 0 aliphatic heterocycles. The Morgan fingerprint density at radius 3 is 2.52 bits per heavy atom. The highest BCUT2D eigenvalue weighted by Crippen LogP contribution is 2.27. The van der Waals surface area contributed by atoms with E-state index < -0.39 is 0 Å². The van der Waals surface area contributed by atoms with Gasteiger partial charge in [0.25, 0.3) is 0 Å². The zero-order valence-electron chi connectivity index (χ0n) is 13.4. The summed E-state index contributed by atoms with van der Waals surface area (Å²) < 4.78 is 5.16. The summed E-state index contributed by atoms with van der Waals surface area (Å²) in [5.41, 5.74) is 7.91. The van der Waals surface area contributed by atoms with E-state index in [2.05, 4.69) is 20.6 Å². The summed E-state index contributed by atoms with van der Waals surface area (Å²) in [6.45, 7) is 0.647. The molecule has 1 heterocycles. The van der Waals surface area contributed by atoms with Crippen molar-refractivity contribution in [1.82, 2.24) is 9.97 Å². The fourth-order valence-electron chi connectivity index (χ4n) is 2.84. The standard InChI is InChI=1S/C17H23N5O/c1-23-14-8-6-12(7-9-14)10-19-16-15(18)17(21-11-20-16)22-13-4-2-3-5-13/h6-9,11,13H,2-5,10,18H2,1H3,(H2,19,20,21,22). The Morgan fingerprint density at radius 2 is 1.83 bits per heavy atom. The molecule has 1 fully saturated rings. The first-order valence-corrected chi connectivity index (χ1v) is 8.00. The molecule has 4 N–H and O–H groups in total. The van der Waals surface area contributed by atoms with Gasteiger partial charge in [-0.1, -0.05) is 25.0 Å². The van der Waals surface area contributed by atoms with Gasteiger partial charge < -0.3 is 21.1 Å². The second-order valence-corrected chi connectivity index (χ2v) is 5.81. The van der Waals surface area contributed by atoms with Crippen molar-refractivity contribution in [3.63, 3.8) is 0 Å². The fourth-order valence-corrected chi connectivity index (χ4v) is 2.84. The molecule has 0 spiro atoms. The maximum atomic E-state index is 6.20. The van der Waals surface area contributed by atoms with Crippen molar-refractivity contribution >= 4 is 17.3 Å². The molecule has 0 amide bonds. The van der Waals surface area contributed by atoms with Gasteiger partial charge in [-0.25, -0.2) is 9.97 Å². The topological polar surface area (TPSA) is 85.1 Å². The third kappa shape index (κ3) is 3.83. The number of nitrogens with two attached hydrogens (primary N) is 1. The van der Waals surface area contributed by atoms with E-state index >= 15 is 0 Å². The fraction of sp³-hybridized carbons (Fsp3) is 0.412. The summed E-state index contributed by atoms with van der Waals surface area (Å²) in [7, 11) is 1.66. The van der Waals surface area contributed by atoms with Crippen LogP contribution in [0.25, 0.3) is 0 Å². The number of anilines is 3. The summed E-state index contributed by atoms with van der Waals surface area (Å²) in [5.74, 6) is 2.23. The number of nitrogen functional groups attached to an aromatic ring is 1. The van der Waals surface area contributed by atoms with Gasteiger partial charge in [0.1, 0.15) is 17.8 Å².